The van der Waals surface area contributed by atoms with Crippen molar-refractivity contribution in [3.63, 3.8) is 0 Å². The molecule has 3 rings (SSSR count). The number of hydrogen-bond donors (Lipinski definition) is 1. The van der Waals surface area contributed by atoms with Crippen molar-refractivity contribution in [3.05, 3.63) is 29.8 Å². The second kappa shape index (κ2) is 5.96. The molecule has 0 radical (unpaired) electrons. The van der Waals surface area contributed by atoms with E-state index in [-0.39, 0.29) is 18.0 Å². The summed E-state index contributed by atoms with van der Waals surface area (Å²) < 4.78 is 0. The van der Waals surface area contributed by atoms with Gasteiger partial charge in [0, 0.05) is 50.0 Å². The van der Waals surface area contributed by atoms with Gasteiger partial charge in [0.15, 0.2) is 0 Å². The number of anilines is 1. The van der Waals surface area contributed by atoms with Crippen LogP contribution in [0.1, 0.15) is 17.3 Å². The summed E-state index contributed by atoms with van der Waals surface area (Å²) in [6, 6.07) is 7.46. The number of urea groups is 1. The third-order valence-electron chi connectivity index (χ3n) is 4.37. The molecule has 1 atom stereocenters. The monoisotopic (exact) mass is 302 g/mol. The van der Waals surface area contributed by atoms with Crippen molar-refractivity contribution in [3.8, 4) is 0 Å². The summed E-state index contributed by atoms with van der Waals surface area (Å²) in [4.78, 5) is 30.1. The fraction of sp³-hybridized carbons (Fsp3) is 0.500. The quantitative estimate of drug-likeness (QED) is 0.886. The van der Waals surface area contributed by atoms with Gasteiger partial charge in [-0.05, 0) is 38.2 Å². The number of rotatable bonds is 2. The Labute approximate surface area is 130 Å². The van der Waals surface area contributed by atoms with Gasteiger partial charge in [0.05, 0.1) is 0 Å². The molecule has 6 nitrogen and oxygen atoms in total. The van der Waals surface area contributed by atoms with Crippen LogP contribution in [0.5, 0.6) is 0 Å². The van der Waals surface area contributed by atoms with Gasteiger partial charge in [0.25, 0.3) is 5.91 Å². The molecule has 0 spiro atoms. The number of nitrogens with zero attached hydrogens (tertiary/aromatic N) is 3. The molecule has 0 aromatic heterocycles. The number of piperazine rings is 1. The summed E-state index contributed by atoms with van der Waals surface area (Å²) >= 11 is 0. The van der Waals surface area contributed by atoms with E-state index < -0.39 is 0 Å². The van der Waals surface area contributed by atoms with Gasteiger partial charge < -0.3 is 15.1 Å². The molecule has 118 valence electrons. The minimum absolute atomic E-state index is 0.0676. The first-order valence-electron chi connectivity index (χ1n) is 7.71. The Kier molecular flexibility index (Phi) is 4.02. The van der Waals surface area contributed by atoms with Gasteiger partial charge in [-0.3, -0.25) is 9.69 Å². The van der Waals surface area contributed by atoms with Crippen LogP contribution in [0.25, 0.3) is 0 Å². The lowest BCUT2D eigenvalue weighted by Crippen LogP contribution is -2.52. The predicted molar refractivity (Wildman–Crippen MR) is 85.2 cm³/mol. The summed E-state index contributed by atoms with van der Waals surface area (Å²) in [7, 11) is 2.08. The second-order valence-corrected chi connectivity index (χ2v) is 6.04. The smallest absolute Gasteiger partial charge is 0.321 e. The Bertz CT molecular complexity index is 572. The molecule has 1 aromatic carbocycles. The van der Waals surface area contributed by atoms with Crippen LogP contribution >= 0.6 is 0 Å². The van der Waals surface area contributed by atoms with Gasteiger partial charge in [-0.15, -0.1) is 0 Å². The van der Waals surface area contributed by atoms with Crippen molar-refractivity contribution in [2.75, 3.05) is 44.7 Å². The van der Waals surface area contributed by atoms with Crippen molar-refractivity contribution in [1.29, 1.82) is 0 Å². The molecule has 0 bridgehead atoms. The number of amides is 3. The number of carbonyl (C=O) groups excluding carboxylic acids is 2. The van der Waals surface area contributed by atoms with E-state index in [9.17, 15) is 9.59 Å². The summed E-state index contributed by atoms with van der Waals surface area (Å²) in [5.74, 6) is 0.0676. The third kappa shape index (κ3) is 2.78. The molecule has 2 fully saturated rings. The first-order chi connectivity index (χ1) is 10.6. The average Bonchev–Trinajstić information content (AvgIpc) is 2.93. The maximum absolute atomic E-state index is 12.6. The number of carbonyl (C=O) groups is 2. The van der Waals surface area contributed by atoms with E-state index in [2.05, 4.69) is 24.2 Å². The molecule has 2 saturated heterocycles. The minimum atomic E-state index is -0.0771. The maximum atomic E-state index is 12.6. The van der Waals surface area contributed by atoms with Crippen molar-refractivity contribution in [1.82, 2.24) is 15.1 Å². The summed E-state index contributed by atoms with van der Waals surface area (Å²) in [5, 5.41) is 2.77. The van der Waals surface area contributed by atoms with E-state index >= 15 is 0 Å². The van der Waals surface area contributed by atoms with Gasteiger partial charge >= 0.3 is 6.03 Å². The SMILES string of the molecule is C[C@@H]1CN(C)CCN1C(=O)c1ccc(N2CCNC2=O)cc1. The Balaban J connectivity index is 1.72. The molecule has 2 heterocycles. The molecule has 1 N–H and O–H groups in total. The van der Waals surface area contributed by atoms with Crippen LogP contribution in [0.15, 0.2) is 24.3 Å². The van der Waals surface area contributed by atoms with E-state index in [0.717, 1.165) is 25.3 Å². The Morgan fingerprint density at radius 2 is 1.91 bits per heavy atom. The molecular weight excluding hydrogens is 280 g/mol. The van der Waals surface area contributed by atoms with E-state index in [1.54, 1.807) is 4.90 Å². The molecular formula is C16H22N4O2. The highest BCUT2D eigenvalue weighted by molar-refractivity contribution is 5.97. The van der Waals surface area contributed by atoms with Gasteiger partial charge in [-0.2, -0.15) is 0 Å². The zero-order valence-corrected chi connectivity index (χ0v) is 13.1. The van der Waals surface area contributed by atoms with Gasteiger partial charge in [0.2, 0.25) is 0 Å². The van der Waals surface area contributed by atoms with Gasteiger partial charge in [-0.25, -0.2) is 4.79 Å². The Morgan fingerprint density at radius 3 is 2.50 bits per heavy atom. The minimum Gasteiger partial charge on any atom is -0.336 e. The lowest BCUT2D eigenvalue weighted by molar-refractivity contribution is 0.0533. The van der Waals surface area contributed by atoms with E-state index in [0.29, 0.717) is 18.7 Å². The van der Waals surface area contributed by atoms with Crippen LogP contribution < -0.4 is 10.2 Å². The number of nitrogens with one attached hydrogen (secondary N) is 1. The molecule has 22 heavy (non-hydrogen) atoms. The van der Waals surface area contributed by atoms with Crippen LogP contribution in [0, 0.1) is 0 Å². The topological polar surface area (TPSA) is 55.9 Å². The number of likely N-dealkylation sites (N-methyl/N-ethyl adjacent to an activating group) is 1. The number of benzene rings is 1. The molecule has 0 unspecified atom stereocenters. The highest BCUT2D eigenvalue weighted by atomic mass is 16.2. The fourth-order valence-electron chi connectivity index (χ4n) is 3.11. The highest BCUT2D eigenvalue weighted by Gasteiger charge is 2.27. The van der Waals surface area contributed by atoms with Crippen LogP contribution in [0.2, 0.25) is 0 Å². The summed E-state index contributed by atoms with van der Waals surface area (Å²) in [5.41, 5.74) is 1.51. The third-order valence-corrected chi connectivity index (χ3v) is 4.37. The van der Waals surface area contributed by atoms with E-state index in [1.165, 1.54) is 0 Å². The van der Waals surface area contributed by atoms with Crippen molar-refractivity contribution < 1.29 is 9.59 Å². The zero-order chi connectivity index (χ0) is 15.7. The molecule has 0 saturated carbocycles. The normalized spacial score (nSPS) is 22.8. The summed E-state index contributed by atoms with van der Waals surface area (Å²) in [6.45, 7) is 5.98. The van der Waals surface area contributed by atoms with E-state index in [4.69, 9.17) is 0 Å². The van der Waals surface area contributed by atoms with Crippen molar-refractivity contribution in [2.45, 2.75) is 13.0 Å². The van der Waals surface area contributed by atoms with Crippen LogP contribution in [-0.2, 0) is 0 Å². The molecule has 2 aliphatic heterocycles. The standard InChI is InChI=1S/C16H22N4O2/c1-12-11-18(2)9-10-19(12)15(21)13-3-5-14(6-4-13)20-8-7-17-16(20)22/h3-6,12H,7-11H2,1-2H3,(H,17,22)/t12-/m1/s1. The average molecular weight is 302 g/mol. The van der Waals surface area contributed by atoms with E-state index in [1.807, 2.05) is 29.2 Å². The van der Waals surface area contributed by atoms with Gasteiger partial charge in [-0.1, -0.05) is 0 Å². The lowest BCUT2D eigenvalue weighted by atomic mass is 10.1. The van der Waals surface area contributed by atoms with Crippen LogP contribution in [0.4, 0.5) is 10.5 Å². The molecule has 3 amide bonds. The first-order valence-corrected chi connectivity index (χ1v) is 7.71. The fourth-order valence-corrected chi connectivity index (χ4v) is 3.11. The maximum Gasteiger partial charge on any atom is 0.321 e. The first kappa shape index (κ1) is 14.8. The van der Waals surface area contributed by atoms with Crippen molar-refractivity contribution in [2.24, 2.45) is 0 Å². The van der Waals surface area contributed by atoms with Crippen LogP contribution in [0.3, 0.4) is 0 Å². The Hall–Kier alpha value is -2.08. The molecule has 0 aliphatic carbocycles. The molecule has 6 heteroatoms. The van der Waals surface area contributed by atoms with Crippen LogP contribution in [-0.4, -0.2) is 67.6 Å². The number of hydrogen-bond acceptors (Lipinski definition) is 3. The highest BCUT2D eigenvalue weighted by Crippen LogP contribution is 2.19. The second-order valence-electron chi connectivity index (χ2n) is 6.04. The lowest BCUT2D eigenvalue weighted by Gasteiger charge is -2.38. The van der Waals surface area contributed by atoms with Crippen molar-refractivity contribution >= 4 is 17.6 Å². The Morgan fingerprint density at radius 1 is 1.18 bits per heavy atom. The molecule has 2 aliphatic rings. The largest absolute Gasteiger partial charge is 0.336 e. The predicted octanol–water partition coefficient (Wildman–Crippen LogP) is 0.992. The molecule has 1 aromatic rings. The zero-order valence-electron chi connectivity index (χ0n) is 13.1. The van der Waals surface area contributed by atoms with Gasteiger partial charge in [0.1, 0.15) is 0 Å². The summed E-state index contributed by atoms with van der Waals surface area (Å²) in [6.07, 6.45) is 0.